The molecule has 0 unspecified atom stereocenters. The summed E-state index contributed by atoms with van der Waals surface area (Å²) < 4.78 is 29.2. The Bertz CT molecular complexity index is 1300. The molecule has 3 heterocycles. The smallest absolute Gasteiger partial charge is 0.250 e. The third-order valence-electron chi connectivity index (χ3n) is 4.37. The van der Waals surface area contributed by atoms with E-state index in [-0.39, 0.29) is 6.54 Å². The van der Waals surface area contributed by atoms with Gasteiger partial charge in [-0.2, -0.15) is 5.26 Å². The minimum Gasteiger partial charge on any atom is -0.370 e. The number of rotatable bonds is 6. The average Bonchev–Trinajstić information content (AvgIpc) is 3.33. The van der Waals surface area contributed by atoms with E-state index < -0.39 is 10.0 Å². The second-order valence-corrected chi connectivity index (χ2v) is 9.16. The van der Waals surface area contributed by atoms with Crippen molar-refractivity contribution in [3.63, 3.8) is 0 Å². The number of aromatic nitrogens is 2. The summed E-state index contributed by atoms with van der Waals surface area (Å²) in [5.41, 5.74) is 3.61. The van der Waals surface area contributed by atoms with Crippen LogP contribution in [0.25, 0.3) is 16.7 Å². The Morgan fingerprint density at radius 1 is 1.21 bits per heavy atom. The van der Waals surface area contributed by atoms with Crippen LogP contribution in [0.2, 0.25) is 0 Å². The molecule has 0 amide bonds. The van der Waals surface area contributed by atoms with Gasteiger partial charge >= 0.3 is 0 Å². The van der Waals surface area contributed by atoms with Crippen molar-refractivity contribution in [3.05, 3.63) is 59.0 Å². The standard InChI is InChI=1S/C19H17N5O2S2/c1-13-11-17(21-8-9-22-28(25,26)18-7-4-10-27-18)24-16-6-3-2-5-15(16)23-19(24)14(13)12-20/h2-7,10-11,21-22H,8-9H2,1H3. The Kier molecular flexibility index (Phi) is 4.77. The second kappa shape index (κ2) is 7.24. The summed E-state index contributed by atoms with van der Waals surface area (Å²) in [6, 6.07) is 15.1. The Balaban J connectivity index is 1.61. The van der Waals surface area contributed by atoms with E-state index >= 15 is 0 Å². The van der Waals surface area contributed by atoms with E-state index in [9.17, 15) is 13.7 Å². The fraction of sp³-hybridized carbons (Fsp3) is 0.158. The van der Waals surface area contributed by atoms with Crippen LogP contribution in [0, 0.1) is 18.3 Å². The third kappa shape index (κ3) is 3.22. The van der Waals surface area contributed by atoms with Gasteiger partial charge in [-0.1, -0.05) is 18.2 Å². The Hall–Kier alpha value is -2.93. The molecule has 0 radical (unpaired) electrons. The van der Waals surface area contributed by atoms with Crippen LogP contribution >= 0.6 is 11.3 Å². The van der Waals surface area contributed by atoms with E-state index in [1.165, 1.54) is 11.3 Å². The molecule has 3 aromatic heterocycles. The number of nitriles is 1. The van der Waals surface area contributed by atoms with E-state index in [0.717, 1.165) is 22.4 Å². The van der Waals surface area contributed by atoms with E-state index in [1.54, 1.807) is 17.5 Å². The van der Waals surface area contributed by atoms with E-state index in [2.05, 4.69) is 21.1 Å². The minimum atomic E-state index is -3.49. The van der Waals surface area contributed by atoms with Crippen LogP contribution in [0.4, 0.5) is 5.82 Å². The third-order valence-corrected chi connectivity index (χ3v) is 7.23. The van der Waals surface area contributed by atoms with Gasteiger partial charge in [0, 0.05) is 13.1 Å². The molecule has 0 aliphatic rings. The SMILES string of the molecule is Cc1cc(NCCNS(=O)(=O)c2cccs2)n2c(nc3ccccc32)c1C#N. The molecule has 0 aliphatic heterocycles. The average molecular weight is 412 g/mol. The number of hydrogen-bond acceptors (Lipinski definition) is 6. The maximum absolute atomic E-state index is 12.2. The molecule has 0 atom stereocenters. The Labute approximate surface area is 166 Å². The molecular weight excluding hydrogens is 394 g/mol. The predicted octanol–water partition coefficient (Wildman–Crippen LogP) is 3.12. The fourth-order valence-corrected chi connectivity index (χ4v) is 5.16. The molecule has 0 spiro atoms. The lowest BCUT2D eigenvalue weighted by Crippen LogP contribution is -2.28. The van der Waals surface area contributed by atoms with Gasteiger partial charge in [0.1, 0.15) is 16.1 Å². The van der Waals surface area contributed by atoms with Crippen molar-refractivity contribution in [1.82, 2.24) is 14.1 Å². The second-order valence-electron chi connectivity index (χ2n) is 6.22. The van der Waals surface area contributed by atoms with Gasteiger partial charge < -0.3 is 5.32 Å². The van der Waals surface area contributed by atoms with Crippen molar-refractivity contribution in [2.45, 2.75) is 11.1 Å². The first-order valence-corrected chi connectivity index (χ1v) is 11.0. The molecule has 0 saturated heterocycles. The number of imidazole rings is 1. The summed E-state index contributed by atoms with van der Waals surface area (Å²) in [6.45, 7) is 2.48. The van der Waals surface area contributed by atoms with Gasteiger partial charge in [-0.05, 0) is 42.1 Å². The van der Waals surface area contributed by atoms with Gasteiger partial charge in [-0.25, -0.2) is 18.1 Å². The van der Waals surface area contributed by atoms with E-state index in [0.29, 0.717) is 22.0 Å². The maximum Gasteiger partial charge on any atom is 0.250 e. The normalized spacial score (nSPS) is 11.7. The van der Waals surface area contributed by atoms with Crippen molar-refractivity contribution in [3.8, 4) is 6.07 Å². The maximum atomic E-state index is 12.2. The zero-order chi connectivity index (χ0) is 19.7. The molecular formula is C19H17N5O2S2. The zero-order valence-electron chi connectivity index (χ0n) is 15.0. The molecule has 28 heavy (non-hydrogen) atoms. The Morgan fingerprint density at radius 3 is 2.79 bits per heavy atom. The van der Waals surface area contributed by atoms with Crippen molar-refractivity contribution in [1.29, 1.82) is 5.26 Å². The topological polar surface area (TPSA) is 99.3 Å². The molecule has 7 nitrogen and oxygen atoms in total. The summed E-state index contributed by atoms with van der Waals surface area (Å²) in [6.07, 6.45) is 0. The summed E-state index contributed by atoms with van der Waals surface area (Å²) in [5.74, 6) is 0.760. The lowest BCUT2D eigenvalue weighted by Gasteiger charge is -2.13. The molecule has 0 aliphatic carbocycles. The number of nitrogens with one attached hydrogen (secondary N) is 2. The van der Waals surface area contributed by atoms with Crippen LogP contribution in [0.5, 0.6) is 0 Å². The largest absolute Gasteiger partial charge is 0.370 e. The van der Waals surface area contributed by atoms with E-state index in [4.69, 9.17) is 0 Å². The van der Waals surface area contributed by atoms with Crippen molar-refractivity contribution in [2.24, 2.45) is 0 Å². The van der Waals surface area contributed by atoms with Crippen molar-refractivity contribution >= 4 is 43.9 Å². The number of benzene rings is 1. The molecule has 0 saturated carbocycles. The molecule has 9 heteroatoms. The van der Waals surface area contributed by atoms with Crippen LogP contribution in [-0.4, -0.2) is 30.9 Å². The summed E-state index contributed by atoms with van der Waals surface area (Å²) in [7, 11) is -3.49. The molecule has 0 bridgehead atoms. The molecule has 2 N–H and O–H groups in total. The summed E-state index contributed by atoms with van der Waals surface area (Å²) in [4.78, 5) is 4.60. The highest BCUT2D eigenvalue weighted by Crippen LogP contribution is 2.26. The molecule has 4 aromatic rings. The van der Waals surface area contributed by atoms with Crippen LogP contribution < -0.4 is 10.0 Å². The fourth-order valence-electron chi connectivity index (χ4n) is 3.09. The highest BCUT2D eigenvalue weighted by atomic mass is 32.2. The van der Waals surface area contributed by atoms with Crippen LogP contribution in [0.1, 0.15) is 11.1 Å². The van der Waals surface area contributed by atoms with Gasteiger partial charge in [0.05, 0.1) is 16.6 Å². The van der Waals surface area contributed by atoms with Gasteiger partial charge in [-0.3, -0.25) is 4.40 Å². The Morgan fingerprint density at radius 2 is 2.04 bits per heavy atom. The molecule has 1 aromatic carbocycles. The van der Waals surface area contributed by atoms with Gasteiger partial charge in [-0.15, -0.1) is 11.3 Å². The lowest BCUT2D eigenvalue weighted by atomic mass is 10.1. The quantitative estimate of drug-likeness (QED) is 0.475. The predicted molar refractivity (Wildman–Crippen MR) is 110 cm³/mol. The van der Waals surface area contributed by atoms with Gasteiger partial charge in [0.2, 0.25) is 10.0 Å². The number of pyridine rings is 1. The number of para-hydroxylation sites is 2. The molecule has 0 fully saturated rings. The first-order valence-electron chi connectivity index (χ1n) is 8.59. The van der Waals surface area contributed by atoms with Crippen LogP contribution in [0.15, 0.2) is 52.1 Å². The van der Waals surface area contributed by atoms with Gasteiger partial charge in [0.25, 0.3) is 0 Å². The van der Waals surface area contributed by atoms with Crippen molar-refractivity contribution in [2.75, 3.05) is 18.4 Å². The number of nitrogens with zero attached hydrogens (tertiary/aromatic N) is 3. The highest BCUT2D eigenvalue weighted by Gasteiger charge is 2.16. The van der Waals surface area contributed by atoms with Crippen molar-refractivity contribution < 1.29 is 8.42 Å². The summed E-state index contributed by atoms with van der Waals surface area (Å²) >= 11 is 1.18. The first kappa shape index (κ1) is 18.4. The number of hydrogen-bond donors (Lipinski definition) is 2. The number of anilines is 1. The number of aryl methyl sites for hydroxylation is 1. The summed E-state index contributed by atoms with van der Waals surface area (Å²) in [5, 5.41) is 14.5. The lowest BCUT2D eigenvalue weighted by molar-refractivity contribution is 0.585. The molecule has 142 valence electrons. The van der Waals surface area contributed by atoms with Gasteiger partial charge in [0.15, 0.2) is 5.65 Å². The molecule has 4 rings (SSSR count). The highest BCUT2D eigenvalue weighted by molar-refractivity contribution is 7.91. The first-order chi connectivity index (χ1) is 13.5. The minimum absolute atomic E-state index is 0.230. The number of thiophene rings is 1. The van der Waals surface area contributed by atoms with Crippen LogP contribution in [0.3, 0.4) is 0 Å². The monoisotopic (exact) mass is 411 g/mol. The zero-order valence-corrected chi connectivity index (χ0v) is 16.6. The number of sulfonamides is 1. The number of fused-ring (bicyclic) bond motifs is 3. The van der Waals surface area contributed by atoms with Crippen LogP contribution in [-0.2, 0) is 10.0 Å². The van der Waals surface area contributed by atoms with E-state index in [1.807, 2.05) is 41.7 Å².